The van der Waals surface area contributed by atoms with Gasteiger partial charge in [0.25, 0.3) is 0 Å². The van der Waals surface area contributed by atoms with Gasteiger partial charge in [-0.2, -0.15) is 0 Å². The van der Waals surface area contributed by atoms with E-state index in [0.29, 0.717) is 17.7 Å². The molecular weight excluding hydrogens is 184 g/mol. The third-order valence-electron chi connectivity index (χ3n) is 1.42. The fourth-order valence-corrected chi connectivity index (χ4v) is 1.20. The van der Waals surface area contributed by atoms with E-state index in [1.807, 2.05) is 26.0 Å². The van der Waals surface area contributed by atoms with E-state index in [4.69, 9.17) is 16.6 Å². The summed E-state index contributed by atoms with van der Waals surface area (Å²) in [6.07, 6.45) is 1.65. The van der Waals surface area contributed by atoms with E-state index in [0.717, 1.165) is 5.76 Å². The van der Waals surface area contributed by atoms with E-state index >= 15 is 0 Å². The maximum absolute atomic E-state index is 5.14. The molecule has 0 aromatic carbocycles. The Labute approximate surface area is 83.5 Å². The summed E-state index contributed by atoms with van der Waals surface area (Å²) in [6, 6.07) is 4.12. The predicted molar refractivity (Wildman–Crippen MR) is 56.4 cm³/mol. The summed E-state index contributed by atoms with van der Waals surface area (Å²) in [7, 11) is 0. The summed E-state index contributed by atoms with van der Waals surface area (Å²) in [4.78, 5) is 0. The lowest BCUT2D eigenvalue weighted by Gasteiger charge is -2.11. The minimum Gasteiger partial charge on any atom is -0.467 e. The van der Waals surface area contributed by atoms with Crippen LogP contribution in [0.4, 0.5) is 0 Å². The summed E-state index contributed by atoms with van der Waals surface area (Å²) in [5, 5.41) is 6.79. The second-order valence-corrected chi connectivity index (χ2v) is 3.47. The van der Waals surface area contributed by atoms with Crippen molar-refractivity contribution in [3.8, 4) is 0 Å². The average molecular weight is 198 g/mol. The number of hydrogen-bond acceptors (Lipinski definition) is 2. The third-order valence-corrected chi connectivity index (χ3v) is 1.69. The molecule has 0 fully saturated rings. The predicted octanol–water partition coefficient (Wildman–Crippen LogP) is 1.65. The summed E-state index contributed by atoms with van der Waals surface area (Å²) in [6.45, 7) is 4.72. The van der Waals surface area contributed by atoms with Gasteiger partial charge in [-0.3, -0.25) is 0 Å². The highest BCUT2D eigenvalue weighted by Gasteiger charge is 1.99. The van der Waals surface area contributed by atoms with Crippen LogP contribution in [0.5, 0.6) is 0 Å². The number of nitrogens with one attached hydrogen (secondary N) is 2. The molecule has 0 unspecified atom stereocenters. The Kier molecular flexibility index (Phi) is 3.76. The Bertz CT molecular complexity index is 257. The highest BCUT2D eigenvalue weighted by molar-refractivity contribution is 7.80. The first kappa shape index (κ1) is 10.1. The van der Waals surface area contributed by atoms with Crippen molar-refractivity contribution in [1.29, 1.82) is 0 Å². The molecule has 0 radical (unpaired) electrons. The van der Waals surface area contributed by atoms with Crippen LogP contribution >= 0.6 is 12.2 Å². The molecule has 72 valence electrons. The first-order valence-corrected chi connectivity index (χ1v) is 4.66. The molecule has 0 aliphatic heterocycles. The second-order valence-electron chi connectivity index (χ2n) is 3.06. The van der Waals surface area contributed by atoms with Crippen molar-refractivity contribution >= 4 is 17.3 Å². The topological polar surface area (TPSA) is 37.2 Å². The lowest BCUT2D eigenvalue weighted by atomic mass is 10.4. The molecule has 0 saturated carbocycles. The molecule has 0 aliphatic carbocycles. The van der Waals surface area contributed by atoms with Crippen LogP contribution < -0.4 is 10.6 Å². The van der Waals surface area contributed by atoms with Gasteiger partial charge in [-0.15, -0.1) is 0 Å². The van der Waals surface area contributed by atoms with Gasteiger partial charge in [0, 0.05) is 6.04 Å². The first-order chi connectivity index (χ1) is 6.18. The average Bonchev–Trinajstić information content (AvgIpc) is 2.51. The number of rotatable bonds is 3. The van der Waals surface area contributed by atoms with Gasteiger partial charge in [-0.05, 0) is 38.2 Å². The molecular formula is C9H14N2OS. The van der Waals surface area contributed by atoms with Crippen LogP contribution in [0.25, 0.3) is 0 Å². The van der Waals surface area contributed by atoms with Gasteiger partial charge in [0.05, 0.1) is 12.8 Å². The van der Waals surface area contributed by atoms with Crippen LogP contribution in [0.2, 0.25) is 0 Å². The SMILES string of the molecule is CC(C)NC(=S)NCc1ccco1. The molecule has 1 aromatic rings. The molecule has 2 N–H and O–H groups in total. The molecule has 1 heterocycles. The molecule has 0 amide bonds. The van der Waals surface area contributed by atoms with Gasteiger partial charge < -0.3 is 15.1 Å². The van der Waals surface area contributed by atoms with Crippen LogP contribution in [-0.4, -0.2) is 11.2 Å². The summed E-state index contributed by atoms with van der Waals surface area (Å²) >= 11 is 5.04. The summed E-state index contributed by atoms with van der Waals surface area (Å²) < 4.78 is 5.14. The zero-order chi connectivity index (χ0) is 9.68. The standard InChI is InChI=1S/C9H14N2OS/c1-7(2)11-9(13)10-6-8-4-3-5-12-8/h3-5,7H,6H2,1-2H3,(H2,10,11,13). The Morgan fingerprint density at radius 1 is 1.62 bits per heavy atom. The van der Waals surface area contributed by atoms with Gasteiger partial charge in [0.2, 0.25) is 0 Å². The Hall–Kier alpha value is -1.03. The van der Waals surface area contributed by atoms with E-state index in [9.17, 15) is 0 Å². The van der Waals surface area contributed by atoms with Gasteiger partial charge in [-0.25, -0.2) is 0 Å². The van der Waals surface area contributed by atoms with Crippen molar-refractivity contribution in [3.63, 3.8) is 0 Å². The zero-order valence-corrected chi connectivity index (χ0v) is 8.65. The third kappa shape index (κ3) is 3.94. The van der Waals surface area contributed by atoms with Gasteiger partial charge in [0.1, 0.15) is 5.76 Å². The van der Waals surface area contributed by atoms with Crippen molar-refractivity contribution in [3.05, 3.63) is 24.2 Å². The molecule has 4 heteroatoms. The minimum atomic E-state index is 0.358. The minimum absolute atomic E-state index is 0.358. The molecule has 13 heavy (non-hydrogen) atoms. The van der Waals surface area contributed by atoms with Crippen LogP contribution in [0.1, 0.15) is 19.6 Å². The molecule has 1 rings (SSSR count). The van der Waals surface area contributed by atoms with E-state index < -0.39 is 0 Å². The molecule has 0 saturated heterocycles. The molecule has 0 aliphatic rings. The fourth-order valence-electron chi connectivity index (χ4n) is 0.894. The van der Waals surface area contributed by atoms with Crippen molar-refractivity contribution in [2.45, 2.75) is 26.4 Å². The largest absolute Gasteiger partial charge is 0.467 e. The van der Waals surface area contributed by atoms with E-state index in [1.54, 1.807) is 6.26 Å². The molecule has 1 aromatic heterocycles. The Morgan fingerprint density at radius 2 is 2.38 bits per heavy atom. The monoisotopic (exact) mass is 198 g/mol. The smallest absolute Gasteiger partial charge is 0.166 e. The van der Waals surface area contributed by atoms with Gasteiger partial charge >= 0.3 is 0 Å². The van der Waals surface area contributed by atoms with Crippen LogP contribution in [0, 0.1) is 0 Å². The lowest BCUT2D eigenvalue weighted by molar-refractivity contribution is 0.501. The second kappa shape index (κ2) is 4.87. The molecule has 0 bridgehead atoms. The van der Waals surface area contributed by atoms with Crippen molar-refractivity contribution in [1.82, 2.24) is 10.6 Å². The first-order valence-electron chi connectivity index (χ1n) is 4.25. The Balaban J connectivity index is 2.23. The molecule has 0 atom stereocenters. The summed E-state index contributed by atoms with van der Waals surface area (Å²) in [5.74, 6) is 0.882. The zero-order valence-electron chi connectivity index (χ0n) is 7.83. The van der Waals surface area contributed by atoms with E-state index in [-0.39, 0.29) is 0 Å². The highest BCUT2D eigenvalue weighted by Crippen LogP contribution is 1.98. The quantitative estimate of drug-likeness (QED) is 0.724. The summed E-state index contributed by atoms with van der Waals surface area (Å²) in [5.41, 5.74) is 0. The Morgan fingerprint density at radius 3 is 2.92 bits per heavy atom. The number of hydrogen-bond donors (Lipinski definition) is 2. The van der Waals surface area contributed by atoms with Crippen LogP contribution in [-0.2, 0) is 6.54 Å². The van der Waals surface area contributed by atoms with Gasteiger partial charge in [-0.1, -0.05) is 0 Å². The molecule has 0 spiro atoms. The van der Waals surface area contributed by atoms with E-state index in [1.165, 1.54) is 0 Å². The van der Waals surface area contributed by atoms with Crippen molar-refractivity contribution < 1.29 is 4.42 Å². The maximum atomic E-state index is 5.14. The number of thiocarbonyl (C=S) groups is 1. The normalized spacial score (nSPS) is 10.1. The lowest BCUT2D eigenvalue weighted by Crippen LogP contribution is -2.38. The number of furan rings is 1. The van der Waals surface area contributed by atoms with Crippen molar-refractivity contribution in [2.24, 2.45) is 0 Å². The van der Waals surface area contributed by atoms with Gasteiger partial charge in [0.15, 0.2) is 5.11 Å². The van der Waals surface area contributed by atoms with Crippen LogP contribution in [0.3, 0.4) is 0 Å². The van der Waals surface area contributed by atoms with Crippen LogP contribution in [0.15, 0.2) is 22.8 Å². The fraction of sp³-hybridized carbons (Fsp3) is 0.444. The van der Waals surface area contributed by atoms with Crippen molar-refractivity contribution in [2.75, 3.05) is 0 Å². The highest BCUT2D eigenvalue weighted by atomic mass is 32.1. The molecule has 3 nitrogen and oxygen atoms in total. The maximum Gasteiger partial charge on any atom is 0.166 e. The van der Waals surface area contributed by atoms with E-state index in [2.05, 4.69) is 10.6 Å².